The summed E-state index contributed by atoms with van der Waals surface area (Å²) in [5, 5.41) is 16.5. The van der Waals surface area contributed by atoms with E-state index in [0.29, 0.717) is 13.2 Å². The van der Waals surface area contributed by atoms with Crippen LogP contribution in [-0.2, 0) is 50.4 Å². The van der Waals surface area contributed by atoms with Crippen molar-refractivity contribution in [2.24, 2.45) is 11.8 Å². The molecule has 0 N–H and O–H groups in total. The Labute approximate surface area is 165 Å². The first-order chi connectivity index (χ1) is 11.2. The maximum Gasteiger partial charge on any atom is 2.00 e. The normalized spacial score (nSPS) is 10.3. The Morgan fingerprint density at radius 3 is 1.04 bits per heavy atom. The number of Topliss-reactive ketones (excluding diaryl/α,β-unsaturated/α-hetero) is 2. The minimum absolute atomic E-state index is 0. The Morgan fingerprint density at radius 1 is 0.720 bits per heavy atom. The molecule has 0 amide bonds. The number of esters is 2. The first-order valence-electron chi connectivity index (χ1n) is 7.34. The average Bonchev–Trinajstić information content (AvgIpc) is 2.57. The van der Waals surface area contributed by atoms with E-state index >= 15 is 0 Å². The number of ketones is 2. The van der Waals surface area contributed by atoms with Crippen molar-refractivity contribution in [1.29, 1.82) is 0 Å². The molecule has 0 radical (unpaired) electrons. The second-order valence-corrected chi connectivity index (χ2v) is 4.17. The number of carbonyl (C=O) groups is 4. The second-order valence-electron chi connectivity index (χ2n) is 4.17. The number of rotatable bonds is 6. The van der Waals surface area contributed by atoms with Crippen LogP contribution in [0, 0.1) is 11.8 Å². The fourth-order valence-corrected chi connectivity index (χ4v) is 0.866. The Kier molecular flexibility index (Phi) is 35.3. The first kappa shape index (κ1) is 35.1. The second kappa shape index (κ2) is 25.2. The quantitative estimate of drug-likeness (QED) is 0.332. The summed E-state index contributed by atoms with van der Waals surface area (Å²) in [7, 11) is 1.50. The Morgan fingerprint density at radius 2 is 0.920 bits per heavy atom. The zero-order valence-corrected chi connectivity index (χ0v) is 17.9. The summed E-state index contributed by atoms with van der Waals surface area (Å²) in [5.41, 5.74) is 0. The fourth-order valence-electron chi connectivity index (χ4n) is 0.866. The van der Waals surface area contributed by atoms with E-state index in [9.17, 15) is 19.2 Å². The van der Waals surface area contributed by atoms with Crippen molar-refractivity contribution in [3.63, 3.8) is 0 Å². The van der Waals surface area contributed by atoms with E-state index in [4.69, 9.17) is 10.2 Å². The number of ether oxygens (including phenoxy) is 2. The number of hydrogen-bond acceptors (Lipinski definition) is 8. The van der Waals surface area contributed by atoms with Crippen LogP contribution in [0.4, 0.5) is 0 Å². The van der Waals surface area contributed by atoms with E-state index < -0.39 is 23.8 Å². The van der Waals surface area contributed by atoms with E-state index in [2.05, 4.69) is 9.47 Å². The SMILES string of the molecule is CCOC(=O)C(C)C(C)=O.CCOC(=O)C(C)C(C)=O.C[O-].C[O-].[Ti+2]. The van der Waals surface area contributed by atoms with Gasteiger partial charge >= 0.3 is 33.7 Å². The van der Waals surface area contributed by atoms with Crippen LogP contribution in [0.1, 0.15) is 41.5 Å². The molecule has 9 heteroatoms. The Hall–Kier alpha value is -1.09. The molecule has 8 nitrogen and oxygen atoms in total. The van der Waals surface area contributed by atoms with Gasteiger partial charge in [-0.15, -0.1) is 0 Å². The first-order valence-corrected chi connectivity index (χ1v) is 7.34. The molecule has 0 bridgehead atoms. The van der Waals surface area contributed by atoms with Gasteiger partial charge in [0.2, 0.25) is 0 Å². The molecule has 0 rings (SSSR count). The van der Waals surface area contributed by atoms with E-state index in [1.165, 1.54) is 13.8 Å². The van der Waals surface area contributed by atoms with Crippen molar-refractivity contribution < 1.29 is 60.6 Å². The van der Waals surface area contributed by atoms with Gasteiger partial charge in [0, 0.05) is 0 Å². The Bertz CT molecular complexity index is 324. The summed E-state index contributed by atoms with van der Waals surface area (Å²) in [6, 6.07) is 0. The van der Waals surface area contributed by atoms with Crippen LogP contribution < -0.4 is 10.2 Å². The van der Waals surface area contributed by atoms with Crippen molar-refractivity contribution in [2.75, 3.05) is 27.4 Å². The van der Waals surface area contributed by atoms with Crippen LogP contribution >= 0.6 is 0 Å². The van der Waals surface area contributed by atoms with Crippen LogP contribution in [0.25, 0.3) is 0 Å². The van der Waals surface area contributed by atoms with Crippen LogP contribution in [0.3, 0.4) is 0 Å². The third kappa shape index (κ3) is 22.9. The summed E-state index contributed by atoms with van der Waals surface area (Å²) >= 11 is 0. The molecule has 0 aromatic heterocycles. The number of carbonyl (C=O) groups excluding carboxylic acids is 4. The van der Waals surface area contributed by atoms with Gasteiger partial charge in [-0.1, -0.05) is 0 Å². The van der Waals surface area contributed by atoms with E-state index in [0.717, 1.165) is 14.2 Å². The van der Waals surface area contributed by atoms with Crippen LogP contribution in [0.2, 0.25) is 0 Å². The maximum atomic E-state index is 10.7. The fraction of sp³-hybridized carbons (Fsp3) is 0.750. The molecule has 0 aromatic carbocycles. The molecular weight excluding hydrogens is 368 g/mol. The molecule has 0 saturated carbocycles. The maximum absolute atomic E-state index is 10.7. The smallest absolute Gasteiger partial charge is 0.857 e. The van der Waals surface area contributed by atoms with Crippen molar-refractivity contribution >= 4 is 23.5 Å². The monoisotopic (exact) mass is 398 g/mol. The van der Waals surface area contributed by atoms with Crippen molar-refractivity contribution in [3.05, 3.63) is 0 Å². The molecule has 25 heavy (non-hydrogen) atoms. The summed E-state index contributed by atoms with van der Waals surface area (Å²) in [6.07, 6.45) is 0. The Balaban J connectivity index is -0.0000000858. The molecule has 0 fully saturated rings. The van der Waals surface area contributed by atoms with Crippen molar-refractivity contribution in [1.82, 2.24) is 0 Å². The van der Waals surface area contributed by atoms with Gasteiger partial charge in [-0.25, -0.2) is 0 Å². The van der Waals surface area contributed by atoms with Gasteiger partial charge in [0.05, 0.1) is 13.2 Å². The molecule has 0 spiro atoms. The van der Waals surface area contributed by atoms with E-state index in [-0.39, 0.29) is 33.3 Å². The topological polar surface area (TPSA) is 133 Å². The molecule has 2 unspecified atom stereocenters. The molecule has 2 atom stereocenters. The van der Waals surface area contributed by atoms with Crippen LogP contribution in [0.15, 0.2) is 0 Å². The van der Waals surface area contributed by atoms with Crippen molar-refractivity contribution in [2.45, 2.75) is 41.5 Å². The van der Waals surface area contributed by atoms with E-state index in [1.807, 2.05) is 0 Å². The molecule has 0 heterocycles. The average molecular weight is 398 g/mol. The van der Waals surface area contributed by atoms with Gasteiger partial charge in [-0.3, -0.25) is 19.2 Å². The number of hydrogen-bond donors (Lipinski definition) is 0. The van der Waals surface area contributed by atoms with Gasteiger partial charge in [-0.05, 0) is 41.5 Å². The van der Waals surface area contributed by atoms with Gasteiger partial charge < -0.3 is 19.7 Å². The molecule has 0 aliphatic rings. The predicted octanol–water partition coefficient (Wildman–Crippen LogP) is -0.500. The largest absolute Gasteiger partial charge is 2.00 e. The third-order valence-electron chi connectivity index (χ3n) is 2.50. The van der Waals surface area contributed by atoms with Crippen molar-refractivity contribution in [3.8, 4) is 0 Å². The summed E-state index contributed by atoms with van der Waals surface area (Å²) in [6.45, 7) is 9.92. The van der Waals surface area contributed by atoms with Gasteiger partial charge in [-0.2, -0.15) is 14.2 Å². The summed E-state index contributed by atoms with van der Waals surface area (Å²) in [5.74, 6) is -2.40. The third-order valence-corrected chi connectivity index (χ3v) is 2.50. The molecule has 0 aliphatic heterocycles. The minimum atomic E-state index is -0.611. The molecule has 146 valence electrons. The van der Waals surface area contributed by atoms with Gasteiger partial charge in [0.1, 0.15) is 23.4 Å². The molecule has 0 aromatic rings. The van der Waals surface area contributed by atoms with E-state index in [1.54, 1.807) is 27.7 Å². The van der Waals surface area contributed by atoms with Crippen LogP contribution in [-0.4, -0.2) is 50.9 Å². The summed E-state index contributed by atoms with van der Waals surface area (Å²) < 4.78 is 9.21. The summed E-state index contributed by atoms with van der Waals surface area (Å²) in [4.78, 5) is 42.6. The molecular formula is C16H30O8Ti. The molecule has 0 aliphatic carbocycles. The zero-order chi connectivity index (χ0) is 20.3. The van der Waals surface area contributed by atoms with Gasteiger partial charge in [0.25, 0.3) is 0 Å². The van der Waals surface area contributed by atoms with Gasteiger partial charge in [0.15, 0.2) is 0 Å². The van der Waals surface area contributed by atoms with Crippen LogP contribution in [0.5, 0.6) is 0 Å². The minimum Gasteiger partial charge on any atom is -0.857 e. The zero-order valence-electron chi connectivity index (χ0n) is 16.3. The standard InChI is InChI=1S/2C7H12O3.2CH3O.Ti/c2*1-4-10-7(9)5(2)6(3)8;2*1-2;/h2*5H,4H2,1-3H3;2*1H3;/q;;2*-1;+2. The molecule has 0 saturated heterocycles. The predicted molar refractivity (Wildman–Crippen MR) is 84.8 cm³/mol.